The highest BCUT2D eigenvalue weighted by Crippen LogP contribution is 2.21. The monoisotopic (exact) mass is 375 g/mol. The molecular formula is C20H23ClFN3O. The Bertz CT molecular complexity index is 738. The lowest BCUT2D eigenvalue weighted by molar-refractivity contribution is 0.102. The molecule has 3 rings (SSSR count). The zero-order valence-electron chi connectivity index (χ0n) is 14.8. The van der Waals surface area contributed by atoms with Gasteiger partial charge in [-0.15, -0.1) is 0 Å². The van der Waals surface area contributed by atoms with E-state index in [1.807, 2.05) is 24.3 Å². The topological polar surface area (TPSA) is 35.6 Å². The van der Waals surface area contributed by atoms with Gasteiger partial charge >= 0.3 is 0 Å². The molecule has 2 aromatic rings. The summed E-state index contributed by atoms with van der Waals surface area (Å²) >= 11 is 5.94. The van der Waals surface area contributed by atoms with Crippen molar-refractivity contribution in [1.29, 1.82) is 0 Å². The first-order valence-electron chi connectivity index (χ1n) is 8.86. The third-order valence-corrected chi connectivity index (χ3v) is 5.03. The number of anilines is 1. The van der Waals surface area contributed by atoms with Gasteiger partial charge in [-0.3, -0.25) is 9.69 Å². The van der Waals surface area contributed by atoms with Crippen LogP contribution < -0.4 is 5.32 Å². The Hall–Kier alpha value is -1.95. The van der Waals surface area contributed by atoms with E-state index < -0.39 is 11.7 Å². The maximum atomic E-state index is 13.8. The van der Waals surface area contributed by atoms with Crippen LogP contribution in [0, 0.1) is 5.82 Å². The highest BCUT2D eigenvalue weighted by Gasteiger charge is 2.17. The van der Waals surface area contributed by atoms with Crippen LogP contribution in [0.25, 0.3) is 0 Å². The summed E-state index contributed by atoms with van der Waals surface area (Å²) in [6.07, 6.45) is 0. The quantitative estimate of drug-likeness (QED) is 0.861. The summed E-state index contributed by atoms with van der Waals surface area (Å²) < 4.78 is 13.8. The molecule has 1 aliphatic heterocycles. The first-order chi connectivity index (χ1) is 12.6. The average Bonchev–Trinajstić information content (AvgIpc) is 2.64. The summed E-state index contributed by atoms with van der Waals surface area (Å²) in [7, 11) is 0. The number of hydrogen-bond donors (Lipinski definition) is 1. The molecule has 0 saturated carbocycles. The highest BCUT2D eigenvalue weighted by atomic mass is 35.5. The van der Waals surface area contributed by atoms with Gasteiger partial charge in [-0.25, -0.2) is 4.39 Å². The minimum absolute atomic E-state index is 0.102. The van der Waals surface area contributed by atoms with Crippen LogP contribution >= 0.6 is 11.6 Å². The molecule has 2 aromatic carbocycles. The van der Waals surface area contributed by atoms with Gasteiger partial charge in [-0.1, -0.05) is 36.7 Å². The molecule has 0 radical (unpaired) electrons. The number of likely N-dealkylation sites (N-methyl/N-ethyl adjacent to an activating group) is 1. The van der Waals surface area contributed by atoms with E-state index in [2.05, 4.69) is 22.0 Å². The van der Waals surface area contributed by atoms with Gasteiger partial charge in [0.15, 0.2) is 0 Å². The van der Waals surface area contributed by atoms with E-state index in [0.717, 1.165) is 39.3 Å². The lowest BCUT2D eigenvalue weighted by atomic mass is 10.1. The number of nitrogens with one attached hydrogen (secondary N) is 1. The Morgan fingerprint density at radius 2 is 1.73 bits per heavy atom. The molecule has 0 aromatic heterocycles. The van der Waals surface area contributed by atoms with Gasteiger partial charge in [-0.2, -0.15) is 0 Å². The molecule has 0 unspecified atom stereocenters. The molecule has 138 valence electrons. The second kappa shape index (κ2) is 8.62. The van der Waals surface area contributed by atoms with Crippen LogP contribution in [-0.4, -0.2) is 48.4 Å². The highest BCUT2D eigenvalue weighted by molar-refractivity contribution is 6.34. The number of piperazine rings is 1. The number of halogens is 2. The van der Waals surface area contributed by atoms with Crippen LogP contribution in [0.15, 0.2) is 42.5 Å². The second-order valence-electron chi connectivity index (χ2n) is 6.46. The fraction of sp³-hybridized carbons (Fsp3) is 0.350. The summed E-state index contributed by atoms with van der Waals surface area (Å²) in [6, 6.07) is 11.9. The molecule has 1 N–H and O–H groups in total. The molecule has 1 amide bonds. The maximum absolute atomic E-state index is 13.8. The Morgan fingerprint density at radius 3 is 2.35 bits per heavy atom. The van der Waals surface area contributed by atoms with Gasteiger partial charge < -0.3 is 10.2 Å². The molecule has 1 saturated heterocycles. The molecule has 0 atom stereocenters. The van der Waals surface area contributed by atoms with E-state index >= 15 is 0 Å². The standard InChI is InChI=1S/C20H23ClFN3O/c1-2-24-10-12-25(13-11-24)14-15-6-8-16(9-7-15)23-20(26)19-17(21)4-3-5-18(19)22/h3-9H,2,10-14H2,1H3,(H,23,26). The van der Waals surface area contributed by atoms with Crippen molar-refractivity contribution in [2.45, 2.75) is 13.5 Å². The van der Waals surface area contributed by atoms with Crippen molar-refractivity contribution >= 4 is 23.2 Å². The van der Waals surface area contributed by atoms with Crippen molar-refractivity contribution in [3.8, 4) is 0 Å². The molecule has 6 heteroatoms. The predicted molar refractivity (Wildman–Crippen MR) is 103 cm³/mol. The third kappa shape index (κ3) is 4.61. The normalized spacial score (nSPS) is 15.8. The van der Waals surface area contributed by atoms with Gasteiger partial charge in [0.05, 0.1) is 10.6 Å². The van der Waals surface area contributed by atoms with Crippen LogP contribution in [0.4, 0.5) is 10.1 Å². The summed E-state index contributed by atoms with van der Waals surface area (Å²) in [6.45, 7) is 8.54. The van der Waals surface area contributed by atoms with Gasteiger partial charge in [0.1, 0.15) is 5.82 Å². The van der Waals surface area contributed by atoms with Gasteiger partial charge in [0.25, 0.3) is 5.91 Å². The summed E-state index contributed by atoms with van der Waals surface area (Å²) in [5.41, 5.74) is 1.68. The molecule has 0 bridgehead atoms. The number of nitrogens with zero attached hydrogens (tertiary/aromatic N) is 2. The average molecular weight is 376 g/mol. The minimum atomic E-state index is -0.627. The first-order valence-corrected chi connectivity index (χ1v) is 9.23. The van der Waals surface area contributed by atoms with Gasteiger partial charge in [0, 0.05) is 38.4 Å². The molecule has 4 nitrogen and oxygen atoms in total. The SMILES string of the molecule is CCN1CCN(Cc2ccc(NC(=O)c3c(F)cccc3Cl)cc2)CC1. The number of rotatable bonds is 5. The van der Waals surface area contributed by atoms with Crippen LogP contribution in [0.2, 0.25) is 5.02 Å². The van der Waals surface area contributed by atoms with E-state index in [1.165, 1.54) is 23.8 Å². The zero-order chi connectivity index (χ0) is 18.5. The smallest absolute Gasteiger partial charge is 0.260 e. The Morgan fingerprint density at radius 1 is 1.08 bits per heavy atom. The number of carbonyl (C=O) groups is 1. The fourth-order valence-corrected chi connectivity index (χ4v) is 3.37. The number of carbonyl (C=O) groups excluding carboxylic acids is 1. The summed E-state index contributed by atoms with van der Waals surface area (Å²) in [4.78, 5) is 17.1. The van der Waals surface area contributed by atoms with Crippen LogP contribution in [-0.2, 0) is 6.54 Å². The maximum Gasteiger partial charge on any atom is 0.260 e. The van der Waals surface area contributed by atoms with Crippen LogP contribution in [0.5, 0.6) is 0 Å². The fourth-order valence-electron chi connectivity index (χ4n) is 3.12. The van der Waals surface area contributed by atoms with E-state index in [-0.39, 0.29) is 10.6 Å². The van der Waals surface area contributed by atoms with Gasteiger partial charge in [0.2, 0.25) is 0 Å². The minimum Gasteiger partial charge on any atom is -0.322 e. The molecule has 0 spiro atoms. The molecule has 1 fully saturated rings. The van der Waals surface area contributed by atoms with E-state index in [9.17, 15) is 9.18 Å². The zero-order valence-corrected chi connectivity index (χ0v) is 15.6. The molecule has 0 aliphatic carbocycles. The van der Waals surface area contributed by atoms with Crippen molar-refractivity contribution in [3.05, 3.63) is 64.4 Å². The Balaban J connectivity index is 1.59. The lowest BCUT2D eigenvalue weighted by Crippen LogP contribution is -2.45. The van der Waals surface area contributed by atoms with Crippen molar-refractivity contribution in [2.75, 3.05) is 38.0 Å². The van der Waals surface area contributed by atoms with Crippen molar-refractivity contribution in [1.82, 2.24) is 9.80 Å². The first kappa shape index (κ1) is 18.8. The van der Waals surface area contributed by atoms with Gasteiger partial charge in [-0.05, 0) is 36.4 Å². The van der Waals surface area contributed by atoms with Crippen molar-refractivity contribution in [3.63, 3.8) is 0 Å². The van der Waals surface area contributed by atoms with Crippen LogP contribution in [0.3, 0.4) is 0 Å². The van der Waals surface area contributed by atoms with Crippen molar-refractivity contribution < 1.29 is 9.18 Å². The van der Waals surface area contributed by atoms with Crippen LogP contribution in [0.1, 0.15) is 22.8 Å². The van der Waals surface area contributed by atoms with E-state index in [0.29, 0.717) is 5.69 Å². The third-order valence-electron chi connectivity index (χ3n) is 4.72. The summed E-state index contributed by atoms with van der Waals surface area (Å²) in [5, 5.41) is 2.80. The molecule has 26 heavy (non-hydrogen) atoms. The van der Waals surface area contributed by atoms with E-state index in [1.54, 1.807) is 0 Å². The number of amides is 1. The lowest BCUT2D eigenvalue weighted by Gasteiger charge is -2.34. The Labute approximate surface area is 158 Å². The number of benzene rings is 2. The van der Waals surface area contributed by atoms with E-state index in [4.69, 9.17) is 11.6 Å². The largest absolute Gasteiger partial charge is 0.322 e. The molecular weight excluding hydrogens is 353 g/mol. The predicted octanol–water partition coefficient (Wildman–Crippen LogP) is 3.87. The van der Waals surface area contributed by atoms with Crippen molar-refractivity contribution in [2.24, 2.45) is 0 Å². The Kier molecular flexibility index (Phi) is 6.25. The molecule has 1 heterocycles. The second-order valence-corrected chi connectivity index (χ2v) is 6.87. The number of hydrogen-bond acceptors (Lipinski definition) is 3. The molecule has 1 aliphatic rings. The summed E-state index contributed by atoms with van der Waals surface area (Å²) in [5.74, 6) is -1.17.